The number of anilines is 1. The monoisotopic (exact) mass is 531 g/mol. The van der Waals surface area contributed by atoms with Crippen molar-refractivity contribution in [2.45, 2.75) is 6.92 Å². The highest BCUT2D eigenvalue weighted by Gasteiger charge is 2.28. The van der Waals surface area contributed by atoms with E-state index in [1.165, 1.54) is 12.1 Å². The summed E-state index contributed by atoms with van der Waals surface area (Å²) in [5.74, 6) is -1.20. The molecule has 3 heterocycles. The van der Waals surface area contributed by atoms with E-state index in [4.69, 9.17) is 5.11 Å². The van der Waals surface area contributed by atoms with Crippen molar-refractivity contribution >= 4 is 35.1 Å². The van der Waals surface area contributed by atoms with Gasteiger partial charge in [-0.1, -0.05) is 24.3 Å². The van der Waals surface area contributed by atoms with Crippen LogP contribution in [-0.4, -0.2) is 83.5 Å². The van der Waals surface area contributed by atoms with Gasteiger partial charge in [-0.25, -0.2) is 4.39 Å². The zero-order valence-electron chi connectivity index (χ0n) is 21.6. The van der Waals surface area contributed by atoms with Crippen molar-refractivity contribution in [3.8, 4) is 11.1 Å². The molecule has 0 atom stereocenters. The maximum atomic E-state index is 14.0. The van der Waals surface area contributed by atoms with E-state index in [-0.39, 0.29) is 23.5 Å². The van der Waals surface area contributed by atoms with Crippen LogP contribution in [0.2, 0.25) is 0 Å². The highest BCUT2D eigenvalue weighted by molar-refractivity contribution is 6.36. The molecule has 39 heavy (non-hydrogen) atoms. The number of aromatic nitrogens is 1. The third kappa shape index (κ3) is 5.62. The summed E-state index contributed by atoms with van der Waals surface area (Å²) in [5.41, 5.74) is 4.73. The molecule has 2 aromatic carbocycles. The average Bonchev–Trinajstić information content (AvgIpc) is 3.47. The van der Waals surface area contributed by atoms with Crippen molar-refractivity contribution in [2.24, 2.45) is 0 Å². The van der Waals surface area contributed by atoms with Gasteiger partial charge in [0.1, 0.15) is 12.4 Å². The molecule has 0 saturated carbocycles. The van der Waals surface area contributed by atoms with Crippen molar-refractivity contribution < 1.29 is 23.9 Å². The van der Waals surface area contributed by atoms with Crippen molar-refractivity contribution in [1.29, 1.82) is 0 Å². The minimum absolute atomic E-state index is 0.266. The molecule has 0 spiro atoms. The Labute approximate surface area is 225 Å². The Hall–Kier alpha value is -4.28. The van der Waals surface area contributed by atoms with Crippen molar-refractivity contribution in [1.82, 2.24) is 20.1 Å². The largest absolute Gasteiger partial charge is 0.387 e. The Bertz CT molecular complexity index is 1460. The first-order valence-electron chi connectivity index (χ1n) is 12.8. The Balaban J connectivity index is 1.32. The Morgan fingerprint density at radius 1 is 1.10 bits per heavy atom. The van der Waals surface area contributed by atoms with Crippen LogP contribution in [0.3, 0.4) is 0 Å². The Morgan fingerprint density at radius 3 is 2.62 bits per heavy atom. The van der Waals surface area contributed by atoms with Crippen LogP contribution >= 0.6 is 0 Å². The molecule has 1 fully saturated rings. The average molecular weight is 532 g/mol. The predicted molar refractivity (Wildman–Crippen MR) is 146 cm³/mol. The summed E-state index contributed by atoms with van der Waals surface area (Å²) in [5, 5.41) is 14.8. The van der Waals surface area contributed by atoms with Crippen molar-refractivity contribution in [2.75, 3.05) is 51.2 Å². The quantitative estimate of drug-likeness (QED) is 0.350. The molecule has 0 aliphatic carbocycles. The van der Waals surface area contributed by atoms with Crippen molar-refractivity contribution in [3.05, 3.63) is 76.9 Å². The normalized spacial score (nSPS) is 16.3. The number of aryl methyl sites for hydroxylation is 1. The van der Waals surface area contributed by atoms with Crippen LogP contribution < -0.4 is 10.6 Å². The van der Waals surface area contributed by atoms with Crippen molar-refractivity contribution in [3.63, 3.8) is 0 Å². The topological polar surface area (TPSA) is 118 Å². The van der Waals surface area contributed by atoms with Gasteiger partial charge < -0.3 is 25.6 Å². The summed E-state index contributed by atoms with van der Waals surface area (Å²) < 4.78 is 14.0. The third-order valence-corrected chi connectivity index (χ3v) is 7.05. The van der Waals surface area contributed by atoms with Crippen LogP contribution in [0.25, 0.3) is 22.8 Å². The molecule has 202 valence electrons. The fourth-order valence-corrected chi connectivity index (χ4v) is 5.08. The number of piperazine rings is 1. The second-order valence-electron chi connectivity index (χ2n) is 9.67. The second kappa shape index (κ2) is 11.2. The number of benzene rings is 2. The minimum atomic E-state index is -0.482. The first-order chi connectivity index (χ1) is 18.8. The lowest BCUT2D eigenvalue weighted by Crippen LogP contribution is -2.50. The highest BCUT2D eigenvalue weighted by Crippen LogP contribution is 2.40. The predicted octanol–water partition coefficient (Wildman–Crippen LogP) is 2.49. The molecule has 1 saturated heterocycles. The summed E-state index contributed by atoms with van der Waals surface area (Å²) >= 11 is 0. The number of aromatic amines is 1. The van der Waals surface area contributed by atoms with Crippen LogP contribution in [0.5, 0.6) is 0 Å². The molecule has 5 rings (SSSR count). The van der Waals surface area contributed by atoms with Crippen LogP contribution in [0, 0.1) is 12.7 Å². The molecule has 1 aromatic heterocycles. The number of hydrogen-bond donors (Lipinski definition) is 4. The number of aliphatic hydroxyl groups is 1. The van der Waals surface area contributed by atoms with Gasteiger partial charge in [0.15, 0.2) is 0 Å². The van der Waals surface area contributed by atoms with Gasteiger partial charge in [-0.3, -0.25) is 19.3 Å². The summed E-state index contributed by atoms with van der Waals surface area (Å²) in [4.78, 5) is 44.7. The maximum Gasteiger partial charge on any atom is 0.256 e. The van der Waals surface area contributed by atoms with Gasteiger partial charge in [0, 0.05) is 56.2 Å². The molecule has 10 heteroatoms. The van der Waals surface area contributed by atoms with Gasteiger partial charge in [0.2, 0.25) is 5.91 Å². The number of hydrogen-bond acceptors (Lipinski definition) is 5. The van der Waals surface area contributed by atoms with E-state index >= 15 is 0 Å². The van der Waals surface area contributed by atoms with Gasteiger partial charge in [0.05, 0.1) is 16.8 Å². The number of carbonyl (C=O) groups is 3. The number of halogens is 1. The molecule has 0 unspecified atom stereocenters. The van der Waals surface area contributed by atoms with Gasteiger partial charge in [-0.2, -0.15) is 0 Å². The lowest BCUT2D eigenvalue weighted by molar-refractivity contribution is -0.135. The van der Waals surface area contributed by atoms with Gasteiger partial charge in [-0.05, 0) is 48.4 Å². The highest BCUT2D eigenvalue weighted by atomic mass is 19.1. The van der Waals surface area contributed by atoms with Crippen LogP contribution in [0.4, 0.5) is 10.1 Å². The maximum absolute atomic E-state index is 14.0. The third-order valence-electron chi connectivity index (χ3n) is 7.05. The molecule has 0 radical (unpaired) electrons. The molecule has 2 aliphatic rings. The van der Waals surface area contributed by atoms with Crippen LogP contribution in [0.15, 0.2) is 48.5 Å². The number of aliphatic hydroxyl groups excluding tert-OH is 1. The molecular weight excluding hydrogens is 501 g/mol. The van der Waals surface area contributed by atoms with Gasteiger partial charge in [0.25, 0.3) is 11.8 Å². The molecule has 9 nitrogen and oxygen atoms in total. The Morgan fingerprint density at radius 2 is 1.87 bits per heavy atom. The zero-order chi connectivity index (χ0) is 27.5. The summed E-state index contributed by atoms with van der Waals surface area (Å²) in [6, 6.07) is 13.4. The summed E-state index contributed by atoms with van der Waals surface area (Å²) in [6.45, 7) is 4.83. The van der Waals surface area contributed by atoms with E-state index in [9.17, 15) is 18.8 Å². The van der Waals surface area contributed by atoms with E-state index in [2.05, 4.69) is 20.5 Å². The van der Waals surface area contributed by atoms with E-state index in [1.54, 1.807) is 35.2 Å². The molecule has 3 aromatic rings. The molecule has 3 amide bonds. The van der Waals surface area contributed by atoms with E-state index in [0.29, 0.717) is 78.5 Å². The van der Waals surface area contributed by atoms with E-state index < -0.39 is 6.61 Å². The van der Waals surface area contributed by atoms with Gasteiger partial charge in [-0.15, -0.1) is 0 Å². The number of carbonyl (C=O) groups excluding carboxylic acids is 3. The lowest BCUT2D eigenvalue weighted by atomic mass is 9.94. The fourth-order valence-electron chi connectivity index (χ4n) is 5.08. The summed E-state index contributed by atoms with van der Waals surface area (Å²) in [7, 11) is 0. The molecule has 4 N–H and O–H groups in total. The Kier molecular flexibility index (Phi) is 7.58. The zero-order valence-corrected chi connectivity index (χ0v) is 21.6. The first-order valence-corrected chi connectivity index (χ1v) is 12.8. The van der Waals surface area contributed by atoms with Crippen LogP contribution in [-0.2, 0) is 9.59 Å². The number of rotatable bonds is 7. The number of nitrogens with one attached hydrogen (secondary N) is 3. The number of amides is 3. The van der Waals surface area contributed by atoms with E-state index in [1.807, 2.05) is 19.1 Å². The number of nitrogens with zero attached hydrogens (tertiary/aromatic N) is 2. The molecule has 0 bridgehead atoms. The smallest absolute Gasteiger partial charge is 0.256 e. The van der Waals surface area contributed by atoms with Crippen LogP contribution in [0.1, 0.15) is 27.3 Å². The first kappa shape index (κ1) is 26.3. The molecule has 2 aliphatic heterocycles. The van der Waals surface area contributed by atoms with E-state index in [0.717, 1.165) is 5.69 Å². The standard InChI is InChI=1S/C29H30FN5O4/c1-18-14-22(28(38)31-8-9-34-10-12-35(13-11-34)26(37)17-36)25(32-18)16-23-27-21(19-4-2-5-20(30)15-19)6-3-7-24(27)33-29(23)39/h2-7,14-16,32,36H,8-13,17H2,1H3,(H,31,38)(H,33,39). The SMILES string of the molecule is Cc1cc(C(=O)NCCN2CCN(C(=O)CO)CC2)c(C=C2C(=O)Nc3cccc(-c4cccc(F)c4)c32)[nH]1. The number of fused-ring (bicyclic) bond motifs is 1. The molecular formula is C29H30FN5O4. The number of H-pyrrole nitrogens is 1. The minimum Gasteiger partial charge on any atom is -0.387 e. The van der Waals surface area contributed by atoms with Gasteiger partial charge >= 0.3 is 0 Å². The second-order valence-corrected chi connectivity index (χ2v) is 9.67. The summed E-state index contributed by atoms with van der Waals surface area (Å²) in [6.07, 6.45) is 1.67. The lowest BCUT2D eigenvalue weighted by Gasteiger charge is -2.34. The fraction of sp³-hybridized carbons (Fsp3) is 0.276.